The maximum Gasteiger partial charge on any atom is 0.219 e. The molecule has 1 heterocycles. The predicted octanol–water partition coefficient (Wildman–Crippen LogP) is 4.63. The molecule has 1 fully saturated rings. The van der Waals surface area contributed by atoms with Gasteiger partial charge in [0.2, 0.25) is 5.91 Å². The maximum absolute atomic E-state index is 12.9. The Morgan fingerprint density at radius 2 is 1.86 bits per heavy atom. The number of halogens is 1. The first kappa shape index (κ1) is 20.6. The number of nitrogens with zero attached hydrogens (tertiary/aromatic N) is 2. The SMILES string of the molecule is CC(=O)N1CCC(C)(CS(=O)c2ccc(-c3ccc(Cl)cc3C#N)cc2)CC1. The molecule has 146 valence electrons. The maximum atomic E-state index is 12.9. The molecule has 0 bridgehead atoms. The summed E-state index contributed by atoms with van der Waals surface area (Å²) in [5.41, 5.74) is 2.20. The predicted molar refractivity (Wildman–Crippen MR) is 112 cm³/mol. The highest BCUT2D eigenvalue weighted by molar-refractivity contribution is 7.85. The molecule has 6 heteroatoms. The normalized spacial score (nSPS) is 17.0. The zero-order chi connectivity index (χ0) is 20.3. The van der Waals surface area contributed by atoms with Crippen LogP contribution in [0.3, 0.4) is 0 Å². The summed E-state index contributed by atoms with van der Waals surface area (Å²) in [6.07, 6.45) is 1.74. The summed E-state index contributed by atoms with van der Waals surface area (Å²) in [6, 6.07) is 15.0. The summed E-state index contributed by atoms with van der Waals surface area (Å²) in [6.45, 7) is 5.22. The summed E-state index contributed by atoms with van der Waals surface area (Å²) in [5, 5.41) is 9.86. The van der Waals surface area contributed by atoms with E-state index in [9.17, 15) is 14.3 Å². The van der Waals surface area contributed by atoms with Crippen molar-refractivity contribution < 1.29 is 9.00 Å². The van der Waals surface area contributed by atoms with Crippen LogP contribution in [-0.2, 0) is 15.6 Å². The molecule has 0 saturated carbocycles. The Bertz CT molecular complexity index is 942. The molecule has 1 amide bonds. The molecular formula is C22H23ClN2O2S. The van der Waals surface area contributed by atoms with E-state index >= 15 is 0 Å². The molecule has 0 aliphatic carbocycles. The lowest BCUT2D eigenvalue weighted by Gasteiger charge is -2.38. The van der Waals surface area contributed by atoms with Crippen molar-refractivity contribution in [3.63, 3.8) is 0 Å². The van der Waals surface area contributed by atoms with Crippen molar-refractivity contribution in [1.29, 1.82) is 5.26 Å². The Kier molecular flexibility index (Phi) is 6.22. The molecular weight excluding hydrogens is 392 g/mol. The third kappa shape index (κ3) is 4.63. The fraction of sp³-hybridized carbons (Fsp3) is 0.364. The van der Waals surface area contributed by atoms with Gasteiger partial charge in [-0.2, -0.15) is 5.26 Å². The van der Waals surface area contributed by atoms with E-state index in [-0.39, 0.29) is 11.3 Å². The van der Waals surface area contributed by atoms with Gasteiger partial charge >= 0.3 is 0 Å². The molecule has 4 nitrogen and oxygen atoms in total. The van der Waals surface area contributed by atoms with E-state index < -0.39 is 10.8 Å². The van der Waals surface area contributed by atoms with E-state index in [2.05, 4.69) is 13.0 Å². The number of rotatable bonds is 4. The van der Waals surface area contributed by atoms with E-state index in [0.717, 1.165) is 42.0 Å². The number of likely N-dealkylation sites (tertiary alicyclic amines) is 1. The van der Waals surface area contributed by atoms with Crippen LogP contribution in [-0.4, -0.2) is 33.9 Å². The minimum absolute atomic E-state index is 0.0281. The summed E-state index contributed by atoms with van der Waals surface area (Å²) in [7, 11) is -1.11. The quantitative estimate of drug-likeness (QED) is 0.732. The second-order valence-corrected chi connectivity index (χ2v) is 9.52. The zero-order valence-electron chi connectivity index (χ0n) is 16.1. The lowest BCUT2D eigenvalue weighted by molar-refractivity contribution is -0.130. The fourth-order valence-corrected chi connectivity index (χ4v) is 5.25. The zero-order valence-corrected chi connectivity index (χ0v) is 17.6. The van der Waals surface area contributed by atoms with Gasteiger partial charge in [-0.1, -0.05) is 36.7 Å². The van der Waals surface area contributed by atoms with Gasteiger partial charge in [0.25, 0.3) is 0 Å². The largest absolute Gasteiger partial charge is 0.343 e. The number of hydrogen-bond acceptors (Lipinski definition) is 3. The first-order valence-corrected chi connectivity index (χ1v) is 10.9. The van der Waals surface area contributed by atoms with Gasteiger partial charge in [-0.3, -0.25) is 9.00 Å². The molecule has 0 radical (unpaired) electrons. The molecule has 1 unspecified atom stereocenters. The Labute approximate surface area is 173 Å². The molecule has 1 saturated heterocycles. The minimum Gasteiger partial charge on any atom is -0.343 e. The Morgan fingerprint density at radius 1 is 1.21 bits per heavy atom. The van der Waals surface area contributed by atoms with E-state index in [1.807, 2.05) is 35.2 Å². The number of carbonyl (C=O) groups excluding carboxylic acids is 1. The number of amides is 1. The monoisotopic (exact) mass is 414 g/mol. The first-order valence-electron chi connectivity index (χ1n) is 9.25. The minimum atomic E-state index is -1.11. The van der Waals surface area contributed by atoms with Gasteiger partial charge in [0.05, 0.1) is 22.4 Å². The van der Waals surface area contributed by atoms with Gasteiger partial charge in [-0.25, -0.2) is 0 Å². The smallest absolute Gasteiger partial charge is 0.219 e. The van der Waals surface area contributed by atoms with Crippen molar-refractivity contribution in [1.82, 2.24) is 4.90 Å². The molecule has 0 spiro atoms. The van der Waals surface area contributed by atoms with Gasteiger partial charge in [0, 0.05) is 35.7 Å². The van der Waals surface area contributed by atoms with Crippen LogP contribution in [0.4, 0.5) is 0 Å². The van der Waals surface area contributed by atoms with Gasteiger partial charge in [-0.15, -0.1) is 0 Å². The van der Waals surface area contributed by atoms with Gasteiger partial charge in [0.1, 0.15) is 0 Å². The van der Waals surface area contributed by atoms with Crippen LogP contribution in [0.15, 0.2) is 47.4 Å². The van der Waals surface area contributed by atoms with Crippen molar-refractivity contribution in [2.24, 2.45) is 5.41 Å². The van der Waals surface area contributed by atoms with E-state index in [1.165, 1.54) is 0 Å². The third-order valence-electron chi connectivity index (χ3n) is 5.43. The highest BCUT2D eigenvalue weighted by atomic mass is 35.5. The molecule has 2 aromatic carbocycles. The summed E-state index contributed by atoms with van der Waals surface area (Å²) < 4.78 is 12.9. The van der Waals surface area contributed by atoms with Crippen LogP contribution in [0.1, 0.15) is 32.3 Å². The topological polar surface area (TPSA) is 61.2 Å². The number of carbonyl (C=O) groups is 1. The van der Waals surface area contributed by atoms with Crippen LogP contribution < -0.4 is 0 Å². The van der Waals surface area contributed by atoms with Crippen molar-refractivity contribution in [2.45, 2.75) is 31.6 Å². The number of benzene rings is 2. The van der Waals surface area contributed by atoms with E-state index in [0.29, 0.717) is 16.3 Å². The Morgan fingerprint density at radius 3 is 2.43 bits per heavy atom. The van der Waals surface area contributed by atoms with Crippen LogP contribution in [0.25, 0.3) is 11.1 Å². The van der Waals surface area contributed by atoms with Gasteiger partial charge < -0.3 is 4.90 Å². The molecule has 28 heavy (non-hydrogen) atoms. The van der Waals surface area contributed by atoms with Crippen molar-refractivity contribution in [3.05, 3.63) is 53.1 Å². The van der Waals surface area contributed by atoms with E-state index in [1.54, 1.807) is 19.1 Å². The summed E-state index contributed by atoms with van der Waals surface area (Å²) in [5.74, 6) is 0.695. The van der Waals surface area contributed by atoms with Gasteiger partial charge in [-0.05, 0) is 53.6 Å². The second kappa shape index (κ2) is 8.46. The van der Waals surface area contributed by atoms with Crippen molar-refractivity contribution in [3.8, 4) is 17.2 Å². The van der Waals surface area contributed by atoms with Crippen LogP contribution in [0, 0.1) is 16.7 Å². The third-order valence-corrected chi connectivity index (χ3v) is 7.42. The van der Waals surface area contributed by atoms with E-state index in [4.69, 9.17) is 11.6 Å². The van der Waals surface area contributed by atoms with Crippen LogP contribution >= 0.6 is 11.6 Å². The fourth-order valence-electron chi connectivity index (χ4n) is 3.55. The molecule has 0 aromatic heterocycles. The second-order valence-electron chi connectivity index (χ2n) is 7.63. The standard InChI is InChI=1S/C22H23ClN2O2S/c1-16(26)25-11-9-22(2,10-12-25)15-28(27)20-6-3-17(4-7-20)21-8-5-19(23)13-18(21)14-24/h3-8,13H,9-12,15H2,1-2H3. The molecule has 1 aliphatic rings. The van der Waals surface area contributed by atoms with Crippen LogP contribution in [0.5, 0.6) is 0 Å². The number of piperidine rings is 1. The summed E-state index contributed by atoms with van der Waals surface area (Å²) >= 11 is 5.97. The van der Waals surface area contributed by atoms with Crippen LogP contribution in [0.2, 0.25) is 5.02 Å². The molecule has 1 aliphatic heterocycles. The Hall–Kier alpha value is -2.16. The summed E-state index contributed by atoms with van der Waals surface area (Å²) in [4.78, 5) is 14.1. The van der Waals surface area contributed by atoms with Crippen molar-refractivity contribution in [2.75, 3.05) is 18.8 Å². The average molecular weight is 415 g/mol. The number of nitriles is 1. The molecule has 0 N–H and O–H groups in total. The first-order chi connectivity index (χ1) is 13.3. The lowest BCUT2D eigenvalue weighted by Crippen LogP contribution is -2.43. The Balaban J connectivity index is 1.71. The van der Waals surface area contributed by atoms with Crippen molar-refractivity contribution >= 4 is 28.3 Å². The molecule has 1 atom stereocenters. The lowest BCUT2D eigenvalue weighted by atomic mass is 9.82. The highest BCUT2D eigenvalue weighted by Crippen LogP contribution is 2.33. The molecule has 3 rings (SSSR count). The number of hydrogen-bond donors (Lipinski definition) is 0. The van der Waals surface area contributed by atoms with Gasteiger partial charge in [0.15, 0.2) is 0 Å². The molecule has 2 aromatic rings. The average Bonchev–Trinajstić information content (AvgIpc) is 2.68. The highest BCUT2D eigenvalue weighted by Gasteiger charge is 2.32.